The van der Waals surface area contributed by atoms with Gasteiger partial charge in [0.1, 0.15) is 0 Å². The fraction of sp³-hybridized carbons (Fsp3) is 0.333. The van der Waals surface area contributed by atoms with Gasteiger partial charge in [0.2, 0.25) is 0 Å². The Morgan fingerprint density at radius 2 is 1.08 bits per heavy atom. The van der Waals surface area contributed by atoms with Crippen LogP contribution in [0.5, 0.6) is 0 Å². The first-order chi connectivity index (χ1) is 5.27. The van der Waals surface area contributed by atoms with E-state index in [1.807, 2.05) is 0 Å². The molecular formula is C6H8O4S2. The average Bonchev–Trinajstić information content (AvgIpc) is 1.96. The summed E-state index contributed by atoms with van der Waals surface area (Å²) in [5, 5.41) is 0. The van der Waals surface area contributed by atoms with Crippen LogP contribution in [0.1, 0.15) is 0 Å². The highest BCUT2D eigenvalue weighted by molar-refractivity contribution is 8.03. The molecule has 0 aromatic heterocycles. The highest BCUT2D eigenvalue weighted by Gasteiger charge is 2.33. The molecule has 0 aliphatic carbocycles. The van der Waals surface area contributed by atoms with Gasteiger partial charge in [-0.05, 0) is 0 Å². The zero-order valence-electron chi connectivity index (χ0n) is 6.28. The largest absolute Gasteiger partial charge is 0.224 e. The van der Waals surface area contributed by atoms with Crippen molar-refractivity contribution in [3.8, 4) is 0 Å². The van der Waals surface area contributed by atoms with E-state index in [0.29, 0.717) is 0 Å². The molecule has 1 rings (SSSR count). The molecule has 1 saturated heterocycles. The van der Waals surface area contributed by atoms with Crippen LogP contribution in [0.2, 0.25) is 0 Å². The monoisotopic (exact) mass is 208 g/mol. The van der Waals surface area contributed by atoms with Crippen LogP contribution < -0.4 is 0 Å². The molecule has 1 aliphatic rings. The minimum atomic E-state index is -3.45. The van der Waals surface area contributed by atoms with Crippen LogP contribution in [0.4, 0.5) is 0 Å². The third kappa shape index (κ3) is 1.32. The van der Waals surface area contributed by atoms with Crippen molar-refractivity contribution in [1.29, 1.82) is 0 Å². The lowest BCUT2D eigenvalue weighted by Gasteiger charge is -2.16. The smallest absolute Gasteiger partial charge is 0.180 e. The van der Waals surface area contributed by atoms with Gasteiger partial charge in [-0.25, -0.2) is 16.8 Å². The molecule has 1 heterocycles. The van der Waals surface area contributed by atoms with Crippen LogP contribution in [0, 0.1) is 0 Å². The lowest BCUT2D eigenvalue weighted by atomic mass is 10.6. The standard InChI is InChI=1S/C6H8O4S2/c1-5-6(2)12(9,10)4-3-11(5,7)8/h1-4H2. The van der Waals surface area contributed by atoms with E-state index in [4.69, 9.17) is 0 Å². The Kier molecular flexibility index (Phi) is 1.92. The summed E-state index contributed by atoms with van der Waals surface area (Å²) in [5.41, 5.74) is 0. The first-order valence-electron chi connectivity index (χ1n) is 3.11. The molecule has 1 aliphatic heterocycles. The Labute approximate surface area is 71.4 Å². The summed E-state index contributed by atoms with van der Waals surface area (Å²) in [6, 6.07) is 0. The molecule has 6 heteroatoms. The van der Waals surface area contributed by atoms with Crippen molar-refractivity contribution in [3.05, 3.63) is 23.0 Å². The van der Waals surface area contributed by atoms with Gasteiger partial charge in [-0.3, -0.25) is 0 Å². The average molecular weight is 208 g/mol. The normalized spacial score (nSPS) is 27.0. The zero-order chi connectivity index (χ0) is 9.57. The number of rotatable bonds is 0. The van der Waals surface area contributed by atoms with Crippen LogP contribution in [-0.4, -0.2) is 28.3 Å². The molecule has 1 fully saturated rings. The van der Waals surface area contributed by atoms with E-state index in [1.54, 1.807) is 0 Å². The van der Waals surface area contributed by atoms with Crippen molar-refractivity contribution in [2.75, 3.05) is 11.5 Å². The molecule has 0 aromatic carbocycles. The minimum absolute atomic E-state index is 0.367. The van der Waals surface area contributed by atoms with Gasteiger partial charge < -0.3 is 0 Å². The molecule has 0 saturated carbocycles. The van der Waals surface area contributed by atoms with Crippen LogP contribution in [0.15, 0.2) is 23.0 Å². The second-order valence-corrected chi connectivity index (χ2v) is 6.75. The maximum absolute atomic E-state index is 11.1. The summed E-state index contributed by atoms with van der Waals surface area (Å²) in [7, 11) is -6.91. The fourth-order valence-electron chi connectivity index (χ4n) is 0.813. The summed E-state index contributed by atoms with van der Waals surface area (Å²) in [5.74, 6) is -0.764. The lowest BCUT2D eigenvalue weighted by Crippen LogP contribution is -2.27. The van der Waals surface area contributed by atoms with Gasteiger partial charge in [-0.1, -0.05) is 13.2 Å². The third-order valence-corrected chi connectivity index (χ3v) is 5.55. The number of hydrogen-bond donors (Lipinski definition) is 0. The van der Waals surface area contributed by atoms with Crippen molar-refractivity contribution in [3.63, 3.8) is 0 Å². The molecule has 0 amide bonds. The highest BCUT2D eigenvalue weighted by atomic mass is 32.2. The molecule has 0 spiro atoms. The maximum atomic E-state index is 11.1. The van der Waals surface area contributed by atoms with Crippen molar-refractivity contribution in [2.45, 2.75) is 0 Å². The summed E-state index contributed by atoms with van der Waals surface area (Å²) in [6.07, 6.45) is 0. The molecule has 0 radical (unpaired) electrons. The number of hydrogen-bond acceptors (Lipinski definition) is 4. The molecule has 0 atom stereocenters. The quantitative estimate of drug-likeness (QED) is 0.555. The molecule has 0 N–H and O–H groups in total. The van der Waals surface area contributed by atoms with Crippen LogP contribution in [0.25, 0.3) is 0 Å². The Morgan fingerprint density at radius 1 is 0.833 bits per heavy atom. The van der Waals surface area contributed by atoms with Crippen molar-refractivity contribution < 1.29 is 16.8 Å². The molecule has 0 unspecified atom stereocenters. The van der Waals surface area contributed by atoms with E-state index < -0.39 is 19.7 Å². The molecule has 4 nitrogen and oxygen atoms in total. The molecule has 0 aromatic rings. The highest BCUT2D eigenvalue weighted by Crippen LogP contribution is 2.25. The van der Waals surface area contributed by atoms with Crippen LogP contribution in [-0.2, 0) is 19.7 Å². The van der Waals surface area contributed by atoms with E-state index >= 15 is 0 Å². The SMILES string of the molecule is C=C1C(=C)S(=O)(=O)CCS1(=O)=O. The van der Waals surface area contributed by atoms with E-state index in [2.05, 4.69) is 13.2 Å². The summed E-state index contributed by atoms with van der Waals surface area (Å²) in [6.45, 7) is 6.35. The second kappa shape index (κ2) is 2.43. The van der Waals surface area contributed by atoms with Gasteiger partial charge in [0.05, 0.1) is 21.3 Å². The Balaban J connectivity index is 3.31. The van der Waals surface area contributed by atoms with Gasteiger partial charge in [0.15, 0.2) is 19.7 Å². The van der Waals surface area contributed by atoms with Gasteiger partial charge >= 0.3 is 0 Å². The van der Waals surface area contributed by atoms with Crippen molar-refractivity contribution >= 4 is 19.7 Å². The van der Waals surface area contributed by atoms with Gasteiger partial charge in [0, 0.05) is 0 Å². The Hall–Kier alpha value is -0.620. The minimum Gasteiger partial charge on any atom is -0.224 e. The first kappa shape index (κ1) is 9.47. The van der Waals surface area contributed by atoms with E-state index in [-0.39, 0.29) is 21.3 Å². The van der Waals surface area contributed by atoms with Crippen molar-refractivity contribution in [2.24, 2.45) is 0 Å². The molecule has 12 heavy (non-hydrogen) atoms. The van der Waals surface area contributed by atoms with Gasteiger partial charge in [0.25, 0.3) is 0 Å². The predicted molar refractivity (Wildman–Crippen MR) is 45.9 cm³/mol. The predicted octanol–water partition coefficient (Wildman–Crippen LogP) is -0.143. The van der Waals surface area contributed by atoms with Gasteiger partial charge in [-0.2, -0.15) is 0 Å². The Bertz CT molecular complexity index is 394. The van der Waals surface area contributed by atoms with Gasteiger partial charge in [-0.15, -0.1) is 0 Å². The summed E-state index contributed by atoms with van der Waals surface area (Å²) in [4.78, 5) is -0.734. The molecule has 68 valence electrons. The molecule has 0 bridgehead atoms. The van der Waals surface area contributed by atoms with Crippen LogP contribution in [0.3, 0.4) is 0 Å². The third-order valence-electron chi connectivity index (χ3n) is 1.68. The Morgan fingerprint density at radius 3 is 1.33 bits per heavy atom. The summed E-state index contributed by atoms with van der Waals surface area (Å²) < 4.78 is 44.2. The maximum Gasteiger partial charge on any atom is 0.180 e. The van der Waals surface area contributed by atoms with E-state index in [0.717, 1.165) is 0 Å². The number of sulfone groups is 2. The summed E-state index contributed by atoms with van der Waals surface area (Å²) >= 11 is 0. The lowest BCUT2D eigenvalue weighted by molar-refractivity contribution is 0.590. The fourth-order valence-corrected chi connectivity index (χ4v) is 4.52. The molecular weight excluding hydrogens is 200 g/mol. The van der Waals surface area contributed by atoms with E-state index in [9.17, 15) is 16.8 Å². The van der Waals surface area contributed by atoms with Crippen LogP contribution >= 0.6 is 0 Å². The second-order valence-electron chi connectivity index (χ2n) is 2.48. The van der Waals surface area contributed by atoms with E-state index in [1.165, 1.54) is 0 Å². The van der Waals surface area contributed by atoms with Crippen molar-refractivity contribution in [1.82, 2.24) is 0 Å². The topological polar surface area (TPSA) is 68.3 Å². The first-order valence-corrected chi connectivity index (χ1v) is 6.41. The zero-order valence-corrected chi connectivity index (χ0v) is 7.91.